The van der Waals surface area contributed by atoms with Crippen LogP contribution in [0.2, 0.25) is 0 Å². The van der Waals surface area contributed by atoms with E-state index in [1.807, 2.05) is 0 Å². The Balaban J connectivity index is 3.02. The lowest BCUT2D eigenvalue weighted by Crippen LogP contribution is -1.85. The molecule has 1 heteroatoms. The van der Waals surface area contributed by atoms with Crippen molar-refractivity contribution in [2.45, 2.75) is 117 Å². The highest BCUT2D eigenvalue weighted by Crippen LogP contribution is 2.12. The van der Waals surface area contributed by atoms with Gasteiger partial charge in [-0.25, -0.2) is 0 Å². The number of unbranched alkanes of at least 4 members (excludes halogenated alkanes) is 13. The van der Waals surface area contributed by atoms with Gasteiger partial charge in [0.2, 0.25) is 0 Å². The van der Waals surface area contributed by atoms with Crippen molar-refractivity contribution in [2.75, 3.05) is 11.5 Å². The van der Waals surface area contributed by atoms with E-state index in [2.05, 4.69) is 37.8 Å². The van der Waals surface area contributed by atoms with E-state index in [-0.39, 0.29) is 0 Å². The maximum absolute atomic E-state index is 2.43. The predicted molar refractivity (Wildman–Crippen MR) is 112 cm³/mol. The van der Waals surface area contributed by atoms with Crippen LogP contribution in [0.5, 0.6) is 0 Å². The van der Waals surface area contributed by atoms with Gasteiger partial charge < -0.3 is 0 Å². The standard InChI is InChI=1S/C22H44S/c1-3-5-7-8-9-10-11-12-13-14-15-16-17-18-19-20-22-23-21-6-4-2/h12-13H,3-11,14-22H2,1-2H3/b13-12+. The Labute approximate surface area is 152 Å². The van der Waals surface area contributed by atoms with Crippen molar-refractivity contribution in [3.63, 3.8) is 0 Å². The summed E-state index contributed by atoms with van der Waals surface area (Å²) in [6, 6.07) is 0. The SMILES string of the molecule is CCCCCCCC/C=C/CCCCCCCCSCCCC. The van der Waals surface area contributed by atoms with Crippen LogP contribution in [0.3, 0.4) is 0 Å². The highest BCUT2D eigenvalue weighted by atomic mass is 32.2. The van der Waals surface area contributed by atoms with E-state index in [0.29, 0.717) is 0 Å². The van der Waals surface area contributed by atoms with Gasteiger partial charge in [0, 0.05) is 0 Å². The molecule has 0 saturated heterocycles. The molecule has 0 rings (SSSR count). The van der Waals surface area contributed by atoms with E-state index in [9.17, 15) is 0 Å². The molecule has 0 aliphatic rings. The number of allylic oxidation sites excluding steroid dienone is 2. The molecule has 0 saturated carbocycles. The molecule has 0 spiro atoms. The topological polar surface area (TPSA) is 0 Å². The Bertz CT molecular complexity index is 222. The van der Waals surface area contributed by atoms with E-state index < -0.39 is 0 Å². The van der Waals surface area contributed by atoms with Crippen molar-refractivity contribution < 1.29 is 0 Å². The zero-order valence-electron chi connectivity index (χ0n) is 16.3. The Kier molecular flexibility index (Phi) is 22.2. The lowest BCUT2D eigenvalue weighted by Gasteiger charge is -2.01. The van der Waals surface area contributed by atoms with Crippen molar-refractivity contribution >= 4 is 11.8 Å². The third kappa shape index (κ3) is 22.1. The highest BCUT2D eigenvalue weighted by molar-refractivity contribution is 7.99. The molecule has 0 amide bonds. The van der Waals surface area contributed by atoms with E-state index in [0.717, 1.165) is 0 Å². The number of hydrogen-bond acceptors (Lipinski definition) is 1. The van der Waals surface area contributed by atoms with Gasteiger partial charge >= 0.3 is 0 Å². The molecule has 0 heterocycles. The van der Waals surface area contributed by atoms with E-state index >= 15 is 0 Å². The molecule has 0 aromatic heterocycles. The normalized spacial score (nSPS) is 11.6. The molecule has 0 nitrogen and oxygen atoms in total. The Hall–Kier alpha value is 0.0900. The molecule has 0 unspecified atom stereocenters. The second-order valence-electron chi connectivity index (χ2n) is 6.90. The van der Waals surface area contributed by atoms with Gasteiger partial charge in [0.25, 0.3) is 0 Å². The van der Waals surface area contributed by atoms with Gasteiger partial charge in [0.15, 0.2) is 0 Å². The summed E-state index contributed by atoms with van der Waals surface area (Å²) in [6.45, 7) is 4.57. The third-order valence-electron chi connectivity index (χ3n) is 4.44. The maximum atomic E-state index is 2.43. The van der Waals surface area contributed by atoms with E-state index in [1.54, 1.807) is 0 Å². The fourth-order valence-corrected chi connectivity index (χ4v) is 3.91. The van der Waals surface area contributed by atoms with Gasteiger partial charge in [-0.1, -0.05) is 90.2 Å². The van der Waals surface area contributed by atoms with Crippen LogP contribution in [0.4, 0.5) is 0 Å². The van der Waals surface area contributed by atoms with Crippen LogP contribution >= 0.6 is 11.8 Å². The number of hydrogen-bond donors (Lipinski definition) is 0. The zero-order chi connectivity index (χ0) is 16.8. The molecule has 0 aromatic rings. The van der Waals surface area contributed by atoms with Crippen LogP contribution < -0.4 is 0 Å². The smallest absolute Gasteiger partial charge is 0.00675 e. The summed E-state index contributed by atoms with van der Waals surface area (Å²) >= 11 is 2.16. The van der Waals surface area contributed by atoms with Crippen LogP contribution in [0.25, 0.3) is 0 Å². The zero-order valence-corrected chi connectivity index (χ0v) is 17.1. The molecule has 0 aliphatic heterocycles. The number of thioether (sulfide) groups is 1. The Morgan fingerprint density at radius 1 is 0.478 bits per heavy atom. The van der Waals surface area contributed by atoms with Gasteiger partial charge in [0.1, 0.15) is 0 Å². The van der Waals surface area contributed by atoms with Crippen LogP contribution in [0, 0.1) is 0 Å². The first-order valence-corrected chi connectivity index (χ1v) is 11.8. The second kappa shape index (κ2) is 22.1. The Morgan fingerprint density at radius 2 is 0.913 bits per heavy atom. The quantitative estimate of drug-likeness (QED) is 0.168. The molecule has 0 fully saturated rings. The average molecular weight is 341 g/mol. The van der Waals surface area contributed by atoms with Crippen molar-refractivity contribution in [3.8, 4) is 0 Å². The minimum absolute atomic E-state index is 1.31. The third-order valence-corrected chi connectivity index (χ3v) is 5.60. The van der Waals surface area contributed by atoms with Gasteiger partial charge in [-0.3, -0.25) is 0 Å². The fourth-order valence-electron chi connectivity index (χ4n) is 2.80. The molecule has 0 bridgehead atoms. The summed E-state index contributed by atoms with van der Waals surface area (Å²) in [7, 11) is 0. The number of rotatable bonds is 19. The van der Waals surface area contributed by atoms with Crippen molar-refractivity contribution in [2.24, 2.45) is 0 Å². The molecule has 0 aliphatic carbocycles. The summed E-state index contributed by atoms with van der Waals surface area (Å²) in [4.78, 5) is 0. The van der Waals surface area contributed by atoms with E-state index in [4.69, 9.17) is 0 Å². The van der Waals surface area contributed by atoms with Crippen molar-refractivity contribution in [1.29, 1.82) is 0 Å². The van der Waals surface area contributed by atoms with Gasteiger partial charge in [-0.2, -0.15) is 11.8 Å². The summed E-state index contributed by atoms with van der Waals surface area (Å²) < 4.78 is 0. The maximum Gasteiger partial charge on any atom is -0.00675 e. The Morgan fingerprint density at radius 3 is 1.48 bits per heavy atom. The molecule has 0 aromatic carbocycles. The minimum atomic E-state index is 1.31. The summed E-state index contributed by atoms with van der Waals surface area (Å²) in [6.07, 6.45) is 27.3. The molecular formula is C22H44S. The molecule has 0 atom stereocenters. The van der Waals surface area contributed by atoms with Crippen molar-refractivity contribution in [3.05, 3.63) is 12.2 Å². The molecular weight excluding hydrogens is 296 g/mol. The second-order valence-corrected chi connectivity index (χ2v) is 8.13. The van der Waals surface area contributed by atoms with Gasteiger partial charge in [0.05, 0.1) is 0 Å². The summed E-state index contributed by atoms with van der Waals surface area (Å²) in [5, 5.41) is 0. The monoisotopic (exact) mass is 340 g/mol. The fraction of sp³-hybridized carbons (Fsp3) is 0.909. The summed E-state index contributed by atoms with van der Waals surface area (Å²) in [5.74, 6) is 2.77. The average Bonchev–Trinajstić information content (AvgIpc) is 2.57. The molecule has 138 valence electrons. The molecule has 0 N–H and O–H groups in total. The van der Waals surface area contributed by atoms with E-state index in [1.165, 1.54) is 114 Å². The summed E-state index contributed by atoms with van der Waals surface area (Å²) in [5.41, 5.74) is 0. The van der Waals surface area contributed by atoms with Crippen LogP contribution in [-0.4, -0.2) is 11.5 Å². The first-order chi connectivity index (χ1) is 11.4. The first-order valence-electron chi connectivity index (χ1n) is 10.6. The van der Waals surface area contributed by atoms with Crippen LogP contribution in [0.1, 0.15) is 117 Å². The van der Waals surface area contributed by atoms with Crippen LogP contribution in [-0.2, 0) is 0 Å². The minimum Gasteiger partial charge on any atom is -0.162 e. The van der Waals surface area contributed by atoms with Crippen molar-refractivity contribution in [1.82, 2.24) is 0 Å². The lowest BCUT2D eigenvalue weighted by molar-refractivity contribution is 0.607. The van der Waals surface area contributed by atoms with Gasteiger partial charge in [-0.15, -0.1) is 0 Å². The molecule has 23 heavy (non-hydrogen) atoms. The lowest BCUT2D eigenvalue weighted by atomic mass is 10.1. The van der Waals surface area contributed by atoms with Crippen LogP contribution in [0.15, 0.2) is 12.2 Å². The molecule has 0 radical (unpaired) electrons. The predicted octanol–water partition coefficient (Wildman–Crippen LogP) is 8.56. The van der Waals surface area contributed by atoms with Gasteiger partial charge in [-0.05, 0) is 50.0 Å². The largest absolute Gasteiger partial charge is 0.162 e. The highest BCUT2D eigenvalue weighted by Gasteiger charge is 1.92. The first kappa shape index (κ1) is 23.1.